The lowest BCUT2D eigenvalue weighted by molar-refractivity contribution is -0.134. The first-order chi connectivity index (χ1) is 12.1. The zero-order valence-electron chi connectivity index (χ0n) is 13.6. The summed E-state index contributed by atoms with van der Waals surface area (Å²) in [6.07, 6.45) is 1.83. The van der Waals surface area contributed by atoms with Crippen LogP contribution in [-0.2, 0) is 4.79 Å². The quantitative estimate of drug-likeness (QED) is 0.531. The Kier molecular flexibility index (Phi) is 3.57. The molecule has 0 aliphatic heterocycles. The van der Waals surface area contributed by atoms with Gasteiger partial charge in [-0.15, -0.1) is 0 Å². The molecule has 0 spiro atoms. The molecule has 124 valence electrons. The van der Waals surface area contributed by atoms with Crippen LogP contribution < -0.4 is 5.32 Å². The third-order valence-electron chi connectivity index (χ3n) is 4.08. The Morgan fingerprint density at radius 3 is 2.76 bits per heavy atom. The summed E-state index contributed by atoms with van der Waals surface area (Å²) >= 11 is 0. The molecule has 3 heterocycles. The molecular weight excluding hydrogens is 316 g/mol. The first kappa shape index (κ1) is 15.1. The molecule has 6 heteroatoms. The predicted octanol–water partition coefficient (Wildman–Crippen LogP) is 3.58. The Hall–Kier alpha value is -3.41. The van der Waals surface area contributed by atoms with Gasteiger partial charge in [0.1, 0.15) is 18.0 Å². The molecule has 3 aromatic heterocycles. The number of pyridine rings is 2. The Morgan fingerprint density at radius 2 is 1.92 bits per heavy atom. The highest BCUT2D eigenvalue weighted by Gasteiger charge is 2.13. The molecule has 4 aromatic rings. The van der Waals surface area contributed by atoms with Gasteiger partial charge in [0.05, 0.1) is 5.52 Å². The van der Waals surface area contributed by atoms with E-state index in [-0.39, 0.29) is 6.54 Å². The van der Waals surface area contributed by atoms with Crippen LogP contribution >= 0.6 is 0 Å². The average molecular weight is 332 g/mol. The molecule has 0 unspecified atom stereocenters. The molecule has 0 radical (unpaired) electrons. The summed E-state index contributed by atoms with van der Waals surface area (Å²) in [5.41, 5.74) is 4.60. The highest BCUT2D eigenvalue weighted by molar-refractivity contribution is 6.04. The number of nitrogens with zero attached hydrogens (tertiary/aromatic N) is 2. The Morgan fingerprint density at radius 1 is 1.12 bits per heavy atom. The molecule has 0 amide bonds. The van der Waals surface area contributed by atoms with Crippen molar-refractivity contribution < 1.29 is 9.90 Å². The number of para-hydroxylation sites is 1. The van der Waals surface area contributed by atoms with Gasteiger partial charge in [0.2, 0.25) is 0 Å². The van der Waals surface area contributed by atoms with Crippen LogP contribution in [0.4, 0.5) is 5.82 Å². The summed E-state index contributed by atoms with van der Waals surface area (Å²) in [5, 5.41) is 13.8. The third-order valence-corrected chi connectivity index (χ3v) is 4.08. The van der Waals surface area contributed by atoms with E-state index in [2.05, 4.69) is 20.3 Å². The van der Waals surface area contributed by atoms with Gasteiger partial charge in [-0.2, -0.15) is 0 Å². The first-order valence-electron chi connectivity index (χ1n) is 7.92. The number of rotatable bonds is 4. The van der Waals surface area contributed by atoms with Gasteiger partial charge in [0.15, 0.2) is 0 Å². The van der Waals surface area contributed by atoms with Crippen LogP contribution in [0.15, 0.2) is 48.7 Å². The van der Waals surface area contributed by atoms with Gasteiger partial charge in [-0.1, -0.05) is 18.2 Å². The van der Waals surface area contributed by atoms with E-state index in [1.807, 2.05) is 55.6 Å². The van der Waals surface area contributed by atoms with Gasteiger partial charge in [-0.3, -0.25) is 9.78 Å². The number of H-pyrrole nitrogens is 1. The molecule has 0 aliphatic carbocycles. The molecule has 4 rings (SSSR count). The fraction of sp³-hybridized carbons (Fsp3) is 0.105. The average Bonchev–Trinajstić information content (AvgIpc) is 3.07. The summed E-state index contributed by atoms with van der Waals surface area (Å²) < 4.78 is 0. The van der Waals surface area contributed by atoms with Crippen LogP contribution in [0.3, 0.4) is 0 Å². The van der Waals surface area contributed by atoms with Crippen molar-refractivity contribution in [2.75, 3.05) is 11.9 Å². The molecule has 1 aromatic carbocycles. The van der Waals surface area contributed by atoms with Crippen LogP contribution in [0.5, 0.6) is 0 Å². The van der Waals surface area contributed by atoms with Crippen molar-refractivity contribution >= 4 is 33.7 Å². The van der Waals surface area contributed by atoms with Crippen LogP contribution in [0, 0.1) is 6.92 Å². The smallest absolute Gasteiger partial charge is 0.322 e. The molecule has 0 bridgehead atoms. The van der Waals surface area contributed by atoms with Crippen molar-refractivity contribution in [2.45, 2.75) is 6.92 Å². The number of carboxylic acid groups (broad SMARTS) is 1. The minimum atomic E-state index is -0.930. The lowest BCUT2D eigenvalue weighted by atomic mass is 9.98. The van der Waals surface area contributed by atoms with E-state index in [0.29, 0.717) is 11.5 Å². The van der Waals surface area contributed by atoms with Gasteiger partial charge < -0.3 is 15.4 Å². The Bertz CT molecular complexity index is 1100. The lowest BCUT2D eigenvalue weighted by Crippen LogP contribution is -2.13. The number of aromatic nitrogens is 3. The number of nitrogens with one attached hydrogen (secondary N) is 2. The van der Waals surface area contributed by atoms with E-state index in [9.17, 15) is 4.79 Å². The molecule has 25 heavy (non-hydrogen) atoms. The number of anilines is 1. The summed E-state index contributed by atoms with van der Waals surface area (Å²) in [7, 11) is 0. The molecule has 0 atom stereocenters. The summed E-state index contributed by atoms with van der Waals surface area (Å²) in [4.78, 5) is 23.0. The minimum absolute atomic E-state index is 0.186. The van der Waals surface area contributed by atoms with Gasteiger partial charge in [0, 0.05) is 22.7 Å². The van der Waals surface area contributed by atoms with E-state index in [4.69, 9.17) is 5.11 Å². The van der Waals surface area contributed by atoms with Gasteiger partial charge in [-0.05, 0) is 42.3 Å². The lowest BCUT2D eigenvalue weighted by Gasteiger charge is -2.11. The van der Waals surface area contributed by atoms with Crippen LogP contribution in [0.1, 0.15) is 5.69 Å². The summed E-state index contributed by atoms with van der Waals surface area (Å²) in [6, 6.07) is 13.9. The molecule has 3 N–H and O–H groups in total. The number of hydrogen-bond acceptors (Lipinski definition) is 4. The fourth-order valence-corrected chi connectivity index (χ4v) is 3.05. The van der Waals surface area contributed by atoms with Crippen molar-refractivity contribution in [1.29, 1.82) is 0 Å². The number of benzene rings is 1. The second-order valence-corrected chi connectivity index (χ2v) is 5.87. The highest BCUT2D eigenvalue weighted by Crippen LogP contribution is 2.34. The van der Waals surface area contributed by atoms with E-state index in [1.54, 1.807) is 0 Å². The van der Waals surface area contributed by atoms with E-state index in [1.165, 1.54) is 0 Å². The molecular formula is C19H16N4O2. The standard InChI is InChI=1S/C19H16N4O2/c1-11-8-14(12-4-2-3-5-16(12)22-11)15-9-17(21-10-18(24)25)23-19-13(15)6-7-20-19/h2-9H,10H2,1H3,(H,24,25)(H2,20,21,23). The zero-order valence-corrected chi connectivity index (χ0v) is 13.6. The van der Waals surface area contributed by atoms with Gasteiger partial charge in [-0.25, -0.2) is 4.98 Å². The predicted molar refractivity (Wildman–Crippen MR) is 97.7 cm³/mol. The zero-order chi connectivity index (χ0) is 17.4. The van der Waals surface area contributed by atoms with Crippen molar-refractivity contribution in [3.8, 4) is 11.1 Å². The molecule has 0 fully saturated rings. The largest absolute Gasteiger partial charge is 0.480 e. The number of fused-ring (bicyclic) bond motifs is 2. The summed E-state index contributed by atoms with van der Waals surface area (Å²) in [5.74, 6) is -0.411. The number of aliphatic carboxylic acids is 1. The normalized spacial score (nSPS) is 11.1. The molecule has 0 aliphatic rings. The van der Waals surface area contributed by atoms with Crippen LogP contribution in [0.2, 0.25) is 0 Å². The van der Waals surface area contributed by atoms with Crippen molar-refractivity contribution in [2.24, 2.45) is 0 Å². The van der Waals surface area contributed by atoms with E-state index >= 15 is 0 Å². The topological polar surface area (TPSA) is 90.9 Å². The van der Waals surface area contributed by atoms with Gasteiger partial charge in [0.25, 0.3) is 0 Å². The van der Waals surface area contributed by atoms with Crippen molar-refractivity contribution in [1.82, 2.24) is 15.0 Å². The number of aromatic amines is 1. The van der Waals surface area contributed by atoms with E-state index in [0.717, 1.165) is 33.1 Å². The highest BCUT2D eigenvalue weighted by atomic mass is 16.4. The Balaban J connectivity index is 1.97. The summed E-state index contributed by atoms with van der Waals surface area (Å²) in [6.45, 7) is 1.78. The number of carbonyl (C=O) groups is 1. The minimum Gasteiger partial charge on any atom is -0.480 e. The maximum absolute atomic E-state index is 10.9. The SMILES string of the molecule is Cc1cc(-c2cc(NCC(=O)O)nc3[nH]ccc23)c2ccccc2n1. The maximum atomic E-state index is 10.9. The van der Waals surface area contributed by atoms with Crippen LogP contribution in [0.25, 0.3) is 33.1 Å². The van der Waals surface area contributed by atoms with Gasteiger partial charge >= 0.3 is 5.97 Å². The van der Waals surface area contributed by atoms with Crippen molar-refractivity contribution in [3.63, 3.8) is 0 Å². The number of aryl methyl sites for hydroxylation is 1. The first-order valence-corrected chi connectivity index (χ1v) is 7.92. The maximum Gasteiger partial charge on any atom is 0.322 e. The Labute approximate surface area is 143 Å². The molecule has 6 nitrogen and oxygen atoms in total. The molecule has 0 saturated heterocycles. The molecule has 0 saturated carbocycles. The number of carboxylic acids is 1. The number of hydrogen-bond donors (Lipinski definition) is 3. The fourth-order valence-electron chi connectivity index (χ4n) is 3.05. The van der Waals surface area contributed by atoms with E-state index < -0.39 is 5.97 Å². The third kappa shape index (κ3) is 2.78. The second-order valence-electron chi connectivity index (χ2n) is 5.87. The van der Waals surface area contributed by atoms with Crippen LogP contribution in [-0.4, -0.2) is 32.6 Å². The monoisotopic (exact) mass is 332 g/mol. The second kappa shape index (κ2) is 5.90. The van der Waals surface area contributed by atoms with Crippen molar-refractivity contribution in [3.05, 3.63) is 54.4 Å².